The second-order valence-corrected chi connectivity index (χ2v) is 5.63. The zero-order valence-corrected chi connectivity index (χ0v) is 13.9. The average molecular weight is 322 g/mol. The van der Waals surface area contributed by atoms with Crippen molar-refractivity contribution in [3.8, 4) is 11.5 Å². The van der Waals surface area contributed by atoms with E-state index < -0.39 is 0 Å². The molecule has 1 aromatic carbocycles. The molecule has 128 valence electrons. The molecular weight excluding hydrogens is 296 g/mol. The number of hydrogen-bond acceptors (Lipinski definition) is 4. The molecule has 1 saturated heterocycles. The van der Waals surface area contributed by atoms with Gasteiger partial charge in [0.2, 0.25) is 0 Å². The van der Waals surface area contributed by atoms with Crippen molar-refractivity contribution >= 4 is 6.03 Å². The van der Waals surface area contributed by atoms with E-state index >= 15 is 0 Å². The van der Waals surface area contributed by atoms with Gasteiger partial charge in [-0.1, -0.05) is 6.07 Å². The number of rotatable bonds is 7. The average Bonchev–Trinajstić information content (AvgIpc) is 2.60. The number of benzene rings is 1. The van der Waals surface area contributed by atoms with E-state index in [1.165, 1.54) is 0 Å². The lowest BCUT2D eigenvalue weighted by molar-refractivity contribution is 0.0669. The highest BCUT2D eigenvalue weighted by molar-refractivity contribution is 5.73. The van der Waals surface area contributed by atoms with Crippen LogP contribution in [-0.2, 0) is 11.2 Å². The van der Waals surface area contributed by atoms with Crippen LogP contribution in [0.3, 0.4) is 0 Å². The zero-order chi connectivity index (χ0) is 16.5. The molecule has 1 aliphatic rings. The predicted molar refractivity (Wildman–Crippen MR) is 88.2 cm³/mol. The van der Waals surface area contributed by atoms with Gasteiger partial charge in [-0.3, -0.25) is 0 Å². The molecule has 2 rings (SSSR count). The Balaban J connectivity index is 1.68. The van der Waals surface area contributed by atoms with Crippen molar-refractivity contribution in [1.82, 2.24) is 10.6 Å². The molecule has 2 amide bonds. The minimum Gasteiger partial charge on any atom is -0.493 e. The van der Waals surface area contributed by atoms with Crippen LogP contribution in [0.2, 0.25) is 0 Å². The molecule has 6 heteroatoms. The van der Waals surface area contributed by atoms with Crippen molar-refractivity contribution in [3.05, 3.63) is 23.8 Å². The van der Waals surface area contributed by atoms with Crippen molar-refractivity contribution < 1.29 is 19.0 Å². The van der Waals surface area contributed by atoms with E-state index in [9.17, 15) is 4.79 Å². The summed E-state index contributed by atoms with van der Waals surface area (Å²) < 4.78 is 15.8. The molecule has 0 saturated carbocycles. The summed E-state index contributed by atoms with van der Waals surface area (Å²) in [4.78, 5) is 11.8. The lowest BCUT2D eigenvalue weighted by Crippen LogP contribution is -2.40. The van der Waals surface area contributed by atoms with E-state index in [1.54, 1.807) is 14.2 Å². The second kappa shape index (κ2) is 9.25. The first kappa shape index (κ1) is 17.4. The van der Waals surface area contributed by atoms with Gasteiger partial charge in [0.15, 0.2) is 11.5 Å². The van der Waals surface area contributed by atoms with Gasteiger partial charge < -0.3 is 24.8 Å². The Morgan fingerprint density at radius 3 is 2.61 bits per heavy atom. The number of methoxy groups -OCH3 is 2. The van der Waals surface area contributed by atoms with E-state index in [1.807, 2.05) is 18.2 Å². The fraction of sp³-hybridized carbons (Fsp3) is 0.588. The van der Waals surface area contributed by atoms with Crippen LogP contribution >= 0.6 is 0 Å². The van der Waals surface area contributed by atoms with Crippen molar-refractivity contribution in [1.29, 1.82) is 0 Å². The fourth-order valence-electron chi connectivity index (χ4n) is 2.61. The van der Waals surface area contributed by atoms with Gasteiger partial charge in [0, 0.05) is 26.3 Å². The molecule has 0 radical (unpaired) electrons. The highest BCUT2D eigenvalue weighted by atomic mass is 16.5. The Labute approximate surface area is 137 Å². The van der Waals surface area contributed by atoms with Crippen LogP contribution in [0.1, 0.15) is 18.4 Å². The van der Waals surface area contributed by atoms with Crippen LogP contribution in [0.15, 0.2) is 18.2 Å². The fourth-order valence-corrected chi connectivity index (χ4v) is 2.61. The number of carbonyl (C=O) groups is 1. The van der Waals surface area contributed by atoms with E-state index in [-0.39, 0.29) is 6.03 Å². The molecule has 0 spiro atoms. The van der Waals surface area contributed by atoms with Crippen molar-refractivity contribution in [2.45, 2.75) is 19.3 Å². The number of nitrogens with one attached hydrogen (secondary N) is 2. The number of carbonyl (C=O) groups excluding carboxylic acids is 1. The Morgan fingerprint density at radius 1 is 1.17 bits per heavy atom. The van der Waals surface area contributed by atoms with Gasteiger partial charge in [0.25, 0.3) is 0 Å². The lowest BCUT2D eigenvalue weighted by atomic mass is 10.0. The first-order chi connectivity index (χ1) is 11.2. The summed E-state index contributed by atoms with van der Waals surface area (Å²) >= 11 is 0. The highest BCUT2D eigenvalue weighted by Gasteiger charge is 2.14. The first-order valence-corrected chi connectivity index (χ1v) is 8.03. The Bertz CT molecular complexity index is 501. The van der Waals surface area contributed by atoms with E-state index in [0.29, 0.717) is 30.5 Å². The van der Waals surface area contributed by atoms with E-state index in [2.05, 4.69) is 10.6 Å². The molecule has 0 aromatic heterocycles. The van der Waals surface area contributed by atoms with Gasteiger partial charge in [0.05, 0.1) is 14.2 Å². The van der Waals surface area contributed by atoms with Crippen molar-refractivity contribution in [2.75, 3.05) is 40.5 Å². The number of urea groups is 1. The van der Waals surface area contributed by atoms with Crippen LogP contribution in [-0.4, -0.2) is 46.6 Å². The summed E-state index contributed by atoms with van der Waals surface area (Å²) in [5.41, 5.74) is 1.09. The van der Waals surface area contributed by atoms with Gasteiger partial charge in [-0.2, -0.15) is 0 Å². The highest BCUT2D eigenvalue weighted by Crippen LogP contribution is 2.27. The van der Waals surface area contributed by atoms with Crippen molar-refractivity contribution in [2.24, 2.45) is 5.92 Å². The van der Waals surface area contributed by atoms with Crippen LogP contribution in [0, 0.1) is 5.92 Å². The summed E-state index contributed by atoms with van der Waals surface area (Å²) in [5.74, 6) is 1.94. The third-order valence-electron chi connectivity index (χ3n) is 4.04. The maximum Gasteiger partial charge on any atom is 0.314 e. The Morgan fingerprint density at radius 2 is 1.91 bits per heavy atom. The summed E-state index contributed by atoms with van der Waals surface area (Å²) in [7, 11) is 3.23. The topological polar surface area (TPSA) is 68.8 Å². The molecule has 2 N–H and O–H groups in total. The van der Waals surface area contributed by atoms with Crippen LogP contribution in [0.5, 0.6) is 11.5 Å². The summed E-state index contributed by atoms with van der Waals surface area (Å²) in [6, 6.07) is 5.67. The molecule has 0 aliphatic carbocycles. The predicted octanol–water partition coefficient (Wildman–Crippen LogP) is 1.97. The molecule has 6 nitrogen and oxygen atoms in total. The molecule has 1 aromatic rings. The van der Waals surface area contributed by atoms with Crippen LogP contribution in [0.25, 0.3) is 0 Å². The third kappa shape index (κ3) is 5.63. The molecular formula is C17H26N2O4. The van der Waals surface area contributed by atoms with Gasteiger partial charge in [-0.15, -0.1) is 0 Å². The number of ether oxygens (including phenoxy) is 3. The SMILES string of the molecule is COc1ccc(CCNC(=O)NCC2CCOCC2)cc1OC. The monoisotopic (exact) mass is 322 g/mol. The van der Waals surface area contributed by atoms with Gasteiger partial charge in [-0.25, -0.2) is 4.79 Å². The molecule has 1 heterocycles. The lowest BCUT2D eigenvalue weighted by Gasteiger charge is -2.22. The van der Waals surface area contributed by atoms with E-state index in [4.69, 9.17) is 14.2 Å². The second-order valence-electron chi connectivity index (χ2n) is 5.63. The zero-order valence-electron chi connectivity index (χ0n) is 13.9. The minimum atomic E-state index is -0.114. The summed E-state index contributed by atoms with van der Waals surface area (Å²) in [6.45, 7) is 2.89. The maximum absolute atomic E-state index is 11.8. The minimum absolute atomic E-state index is 0.114. The largest absolute Gasteiger partial charge is 0.493 e. The van der Waals surface area contributed by atoms with Crippen LogP contribution < -0.4 is 20.1 Å². The molecule has 0 unspecified atom stereocenters. The molecule has 1 fully saturated rings. The molecule has 1 aliphatic heterocycles. The maximum atomic E-state index is 11.8. The molecule has 0 bridgehead atoms. The first-order valence-electron chi connectivity index (χ1n) is 8.03. The standard InChI is InChI=1S/C17H26N2O4/c1-21-15-4-3-13(11-16(15)22-2)5-8-18-17(20)19-12-14-6-9-23-10-7-14/h3-4,11,14H,5-10,12H2,1-2H3,(H2,18,19,20). The Hall–Kier alpha value is -1.95. The van der Waals surface area contributed by atoms with Gasteiger partial charge in [0.1, 0.15) is 0 Å². The normalized spacial score (nSPS) is 15.0. The van der Waals surface area contributed by atoms with E-state index in [0.717, 1.165) is 38.0 Å². The summed E-state index contributed by atoms with van der Waals surface area (Å²) in [6.07, 6.45) is 2.78. The quantitative estimate of drug-likeness (QED) is 0.805. The third-order valence-corrected chi connectivity index (χ3v) is 4.04. The smallest absolute Gasteiger partial charge is 0.314 e. The molecule has 23 heavy (non-hydrogen) atoms. The Kier molecular flexibility index (Phi) is 7.00. The van der Waals surface area contributed by atoms with Gasteiger partial charge in [-0.05, 0) is 42.9 Å². The number of hydrogen-bond donors (Lipinski definition) is 2. The number of amides is 2. The van der Waals surface area contributed by atoms with Crippen molar-refractivity contribution in [3.63, 3.8) is 0 Å². The van der Waals surface area contributed by atoms with Gasteiger partial charge >= 0.3 is 6.03 Å². The summed E-state index contributed by atoms with van der Waals surface area (Å²) in [5, 5.41) is 5.81. The van der Waals surface area contributed by atoms with Crippen LogP contribution in [0.4, 0.5) is 4.79 Å². The molecule has 0 atom stereocenters.